The Kier molecular flexibility index (Phi) is 2.78. The minimum Gasteiger partial charge on any atom is -0.375 e. The van der Waals surface area contributed by atoms with Crippen molar-refractivity contribution in [3.05, 3.63) is 35.0 Å². The summed E-state index contributed by atoms with van der Waals surface area (Å²) in [6.45, 7) is 0. The zero-order valence-electron chi connectivity index (χ0n) is 8.25. The molecule has 0 aliphatic rings. The molecular formula is C10H6F4N2S. The third-order valence-corrected chi connectivity index (χ3v) is 2.76. The third kappa shape index (κ3) is 2.38. The second-order valence-electron chi connectivity index (χ2n) is 3.26. The second-order valence-corrected chi connectivity index (χ2v) is 4.15. The number of nitrogen functional groups attached to an aromatic ring is 1. The van der Waals surface area contributed by atoms with Crippen molar-refractivity contribution < 1.29 is 17.6 Å². The van der Waals surface area contributed by atoms with Gasteiger partial charge in [0.2, 0.25) is 0 Å². The van der Waals surface area contributed by atoms with Crippen LogP contribution in [0.3, 0.4) is 0 Å². The lowest BCUT2D eigenvalue weighted by Crippen LogP contribution is -2.08. The monoisotopic (exact) mass is 262 g/mol. The molecule has 0 unspecified atom stereocenters. The van der Waals surface area contributed by atoms with E-state index >= 15 is 0 Å². The van der Waals surface area contributed by atoms with Crippen LogP contribution in [0.1, 0.15) is 5.56 Å². The summed E-state index contributed by atoms with van der Waals surface area (Å²) in [6, 6.07) is 2.73. The maximum atomic E-state index is 13.0. The molecule has 0 saturated carbocycles. The summed E-state index contributed by atoms with van der Waals surface area (Å²) >= 11 is 1.11. The highest BCUT2D eigenvalue weighted by Gasteiger charge is 2.34. The Morgan fingerprint density at radius 2 is 1.94 bits per heavy atom. The lowest BCUT2D eigenvalue weighted by molar-refractivity contribution is -0.139. The van der Waals surface area contributed by atoms with Crippen LogP contribution < -0.4 is 5.73 Å². The first-order chi connectivity index (χ1) is 7.88. The van der Waals surface area contributed by atoms with Gasteiger partial charge >= 0.3 is 6.18 Å². The fraction of sp³-hybridized carbons (Fsp3) is 0.100. The number of halogens is 4. The lowest BCUT2D eigenvalue weighted by atomic mass is 10.1. The van der Waals surface area contributed by atoms with Crippen LogP contribution in [0.25, 0.3) is 11.3 Å². The highest BCUT2D eigenvalue weighted by atomic mass is 32.1. The number of aromatic nitrogens is 1. The molecule has 2 nitrogen and oxygen atoms in total. The van der Waals surface area contributed by atoms with E-state index in [0.717, 1.165) is 23.5 Å². The summed E-state index contributed by atoms with van der Waals surface area (Å²) in [4.78, 5) is 3.84. The summed E-state index contributed by atoms with van der Waals surface area (Å²) in [7, 11) is 0. The number of nitrogens with two attached hydrogens (primary N) is 1. The molecular weight excluding hydrogens is 256 g/mol. The van der Waals surface area contributed by atoms with Crippen LogP contribution in [0.5, 0.6) is 0 Å². The van der Waals surface area contributed by atoms with Crippen LogP contribution in [0.2, 0.25) is 0 Å². The first-order valence-electron chi connectivity index (χ1n) is 4.46. The quantitative estimate of drug-likeness (QED) is 0.798. The fourth-order valence-corrected chi connectivity index (χ4v) is 1.89. The Labute approximate surface area is 97.7 Å². The van der Waals surface area contributed by atoms with E-state index in [2.05, 4.69) is 4.98 Å². The SMILES string of the molecule is Nc1nc(-c2ccc(F)c(C(F)(F)F)c2)cs1. The minimum atomic E-state index is -4.72. The molecule has 0 spiro atoms. The molecule has 90 valence electrons. The zero-order valence-corrected chi connectivity index (χ0v) is 9.07. The molecule has 0 bridgehead atoms. The number of benzene rings is 1. The molecule has 7 heteroatoms. The molecule has 1 heterocycles. The standard InChI is InChI=1S/C10H6F4N2S/c11-7-2-1-5(3-6(7)10(12,13)14)8-4-17-9(15)16-8/h1-4H,(H2,15,16). The van der Waals surface area contributed by atoms with E-state index in [1.807, 2.05) is 0 Å². The first kappa shape index (κ1) is 11.8. The third-order valence-electron chi connectivity index (χ3n) is 2.09. The van der Waals surface area contributed by atoms with Crippen molar-refractivity contribution in [2.24, 2.45) is 0 Å². The van der Waals surface area contributed by atoms with Crippen LogP contribution in [-0.4, -0.2) is 4.98 Å². The topological polar surface area (TPSA) is 38.9 Å². The van der Waals surface area contributed by atoms with E-state index in [-0.39, 0.29) is 10.7 Å². The molecule has 2 aromatic rings. The highest BCUT2D eigenvalue weighted by molar-refractivity contribution is 7.13. The van der Waals surface area contributed by atoms with Gasteiger partial charge in [0.15, 0.2) is 5.13 Å². The molecule has 17 heavy (non-hydrogen) atoms. The largest absolute Gasteiger partial charge is 0.419 e. The molecule has 1 aromatic heterocycles. The van der Waals surface area contributed by atoms with Crippen LogP contribution >= 0.6 is 11.3 Å². The van der Waals surface area contributed by atoms with Gasteiger partial charge in [0.25, 0.3) is 0 Å². The molecule has 2 N–H and O–H groups in total. The Balaban J connectivity index is 2.51. The van der Waals surface area contributed by atoms with Gasteiger partial charge in [0, 0.05) is 10.9 Å². The Morgan fingerprint density at radius 1 is 1.24 bits per heavy atom. The van der Waals surface area contributed by atoms with Gasteiger partial charge in [-0.2, -0.15) is 13.2 Å². The normalized spacial score (nSPS) is 11.8. The van der Waals surface area contributed by atoms with E-state index in [4.69, 9.17) is 5.73 Å². The second kappa shape index (κ2) is 3.99. The summed E-state index contributed by atoms with van der Waals surface area (Å²) < 4.78 is 50.4. The Morgan fingerprint density at radius 3 is 2.47 bits per heavy atom. The van der Waals surface area contributed by atoms with Crippen molar-refractivity contribution >= 4 is 16.5 Å². The molecule has 0 amide bonds. The maximum Gasteiger partial charge on any atom is 0.419 e. The molecule has 0 radical (unpaired) electrons. The summed E-state index contributed by atoms with van der Waals surface area (Å²) in [5.74, 6) is -1.30. The molecule has 0 saturated heterocycles. The number of nitrogens with zero attached hydrogens (tertiary/aromatic N) is 1. The van der Waals surface area contributed by atoms with Gasteiger partial charge in [-0.1, -0.05) is 0 Å². The van der Waals surface area contributed by atoms with Crippen LogP contribution in [0.15, 0.2) is 23.6 Å². The predicted molar refractivity (Wildman–Crippen MR) is 56.9 cm³/mol. The van der Waals surface area contributed by atoms with Crippen molar-refractivity contribution in [2.45, 2.75) is 6.18 Å². The average molecular weight is 262 g/mol. The zero-order chi connectivity index (χ0) is 12.6. The van der Waals surface area contributed by atoms with Crippen molar-refractivity contribution in [3.63, 3.8) is 0 Å². The predicted octanol–water partition coefficient (Wildman–Crippen LogP) is 3.55. The first-order valence-corrected chi connectivity index (χ1v) is 5.34. The van der Waals surface area contributed by atoms with Gasteiger partial charge in [-0.05, 0) is 18.2 Å². The van der Waals surface area contributed by atoms with Crippen molar-refractivity contribution in [1.82, 2.24) is 4.98 Å². The molecule has 2 rings (SSSR count). The smallest absolute Gasteiger partial charge is 0.375 e. The molecule has 0 aliphatic carbocycles. The van der Waals surface area contributed by atoms with Crippen molar-refractivity contribution in [2.75, 3.05) is 5.73 Å². The lowest BCUT2D eigenvalue weighted by Gasteiger charge is -2.08. The Bertz CT molecular complexity index is 547. The Hall–Kier alpha value is -1.63. The van der Waals surface area contributed by atoms with Crippen LogP contribution in [0, 0.1) is 5.82 Å². The summed E-state index contributed by atoms with van der Waals surface area (Å²) in [5.41, 5.74) is 4.57. The number of hydrogen-bond donors (Lipinski definition) is 1. The number of rotatable bonds is 1. The van der Waals surface area contributed by atoms with Gasteiger partial charge in [-0.25, -0.2) is 9.37 Å². The van der Waals surface area contributed by atoms with Crippen LogP contribution in [-0.2, 0) is 6.18 Å². The van der Waals surface area contributed by atoms with E-state index in [9.17, 15) is 17.6 Å². The average Bonchev–Trinajstić information content (AvgIpc) is 2.64. The van der Waals surface area contributed by atoms with Gasteiger partial charge < -0.3 is 5.73 Å². The van der Waals surface area contributed by atoms with Crippen molar-refractivity contribution in [1.29, 1.82) is 0 Å². The van der Waals surface area contributed by atoms with Crippen molar-refractivity contribution in [3.8, 4) is 11.3 Å². The van der Waals surface area contributed by atoms with Gasteiger partial charge in [0.1, 0.15) is 5.82 Å². The van der Waals surface area contributed by atoms with E-state index in [0.29, 0.717) is 5.69 Å². The van der Waals surface area contributed by atoms with Gasteiger partial charge in [-0.15, -0.1) is 11.3 Å². The number of anilines is 1. The molecule has 1 aromatic carbocycles. The number of thiazole rings is 1. The minimum absolute atomic E-state index is 0.187. The molecule has 0 aliphatic heterocycles. The van der Waals surface area contributed by atoms with Crippen LogP contribution in [0.4, 0.5) is 22.7 Å². The highest BCUT2D eigenvalue weighted by Crippen LogP contribution is 2.34. The van der Waals surface area contributed by atoms with E-state index in [1.165, 1.54) is 11.4 Å². The van der Waals surface area contributed by atoms with E-state index in [1.54, 1.807) is 0 Å². The fourth-order valence-electron chi connectivity index (χ4n) is 1.32. The maximum absolute atomic E-state index is 13.0. The molecule has 0 atom stereocenters. The number of alkyl halides is 3. The number of hydrogen-bond acceptors (Lipinski definition) is 3. The van der Waals surface area contributed by atoms with Gasteiger partial charge in [0.05, 0.1) is 11.3 Å². The van der Waals surface area contributed by atoms with Gasteiger partial charge in [-0.3, -0.25) is 0 Å². The summed E-state index contributed by atoms with van der Waals surface area (Å²) in [6.07, 6.45) is -4.72. The molecule has 0 fully saturated rings. The summed E-state index contributed by atoms with van der Waals surface area (Å²) in [5, 5.41) is 1.76. The van der Waals surface area contributed by atoms with E-state index < -0.39 is 17.6 Å².